The van der Waals surface area contributed by atoms with Crippen LogP contribution in [-0.4, -0.2) is 6.54 Å². The lowest BCUT2D eigenvalue weighted by Gasteiger charge is -2.12. The molecule has 0 radical (unpaired) electrons. The molecule has 0 atom stereocenters. The van der Waals surface area contributed by atoms with Crippen LogP contribution in [0.15, 0.2) is 33.4 Å². The second-order valence-electron chi connectivity index (χ2n) is 4.25. The van der Waals surface area contributed by atoms with E-state index in [2.05, 4.69) is 64.1 Å². The maximum atomic E-state index is 3.62. The number of benzene rings is 1. The molecule has 1 nitrogen and oxygen atoms in total. The first-order valence-corrected chi connectivity index (χ1v) is 7.42. The molecule has 1 aromatic carbocycles. The van der Waals surface area contributed by atoms with Crippen LogP contribution in [0.3, 0.4) is 0 Å². The van der Waals surface area contributed by atoms with E-state index in [0.717, 1.165) is 17.4 Å². The molecule has 0 aliphatic heterocycles. The third kappa shape index (κ3) is 3.33. The van der Waals surface area contributed by atoms with Crippen LogP contribution in [0, 0.1) is 13.8 Å². The number of nitrogens with one attached hydrogen (secondary N) is 1. The van der Waals surface area contributed by atoms with Crippen molar-refractivity contribution in [2.75, 3.05) is 11.9 Å². The first kappa shape index (κ1) is 12.7. The van der Waals surface area contributed by atoms with E-state index >= 15 is 0 Å². The standard InChI is InChI=1S/C14H16BrNS/c1-10-7-11(2)14(13(15)8-10)16-5-3-12-4-6-17-9-12/h4,6-9,16H,3,5H2,1-2H3. The molecule has 0 bridgehead atoms. The van der Waals surface area contributed by atoms with Gasteiger partial charge in [0.1, 0.15) is 0 Å². The first-order valence-electron chi connectivity index (χ1n) is 5.68. The summed E-state index contributed by atoms with van der Waals surface area (Å²) >= 11 is 5.37. The molecule has 1 aromatic heterocycles. The van der Waals surface area contributed by atoms with E-state index in [1.807, 2.05) is 0 Å². The molecule has 0 unspecified atom stereocenters. The third-order valence-corrected chi connectivity index (χ3v) is 4.08. The van der Waals surface area contributed by atoms with Crippen molar-refractivity contribution in [3.63, 3.8) is 0 Å². The highest BCUT2D eigenvalue weighted by molar-refractivity contribution is 9.10. The monoisotopic (exact) mass is 309 g/mol. The predicted molar refractivity (Wildman–Crippen MR) is 80.1 cm³/mol. The zero-order valence-corrected chi connectivity index (χ0v) is 12.5. The molecule has 1 N–H and O–H groups in total. The molecule has 0 aliphatic rings. The van der Waals surface area contributed by atoms with Crippen LogP contribution in [0.4, 0.5) is 5.69 Å². The van der Waals surface area contributed by atoms with Crippen molar-refractivity contribution < 1.29 is 0 Å². The Hall–Kier alpha value is -0.800. The minimum absolute atomic E-state index is 0.971. The minimum Gasteiger partial charge on any atom is -0.384 e. The van der Waals surface area contributed by atoms with Gasteiger partial charge in [-0.05, 0) is 75.8 Å². The fraction of sp³-hybridized carbons (Fsp3) is 0.286. The summed E-state index contributed by atoms with van der Waals surface area (Å²) in [5, 5.41) is 7.84. The number of halogens is 1. The molecular formula is C14H16BrNS. The Morgan fingerprint density at radius 3 is 2.76 bits per heavy atom. The Morgan fingerprint density at radius 1 is 1.29 bits per heavy atom. The van der Waals surface area contributed by atoms with Gasteiger partial charge in [0.2, 0.25) is 0 Å². The third-order valence-electron chi connectivity index (χ3n) is 2.73. The summed E-state index contributed by atoms with van der Waals surface area (Å²) in [5.74, 6) is 0. The average molecular weight is 310 g/mol. The van der Waals surface area contributed by atoms with Crippen LogP contribution in [0.2, 0.25) is 0 Å². The highest BCUT2D eigenvalue weighted by Gasteiger charge is 2.04. The highest BCUT2D eigenvalue weighted by Crippen LogP contribution is 2.27. The summed E-state index contributed by atoms with van der Waals surface area (Å²) in [6.07, 6.45) is 1.07. The van der Waals surface area contributed by atoms with Gasteiger partial charge in [-0.25, -0.2) is 0 Å². The lowest BCUT2D eigenvalue weighted by Crippen LogP contribution is -2.06. The van der Waals surface area contributed by atoms with Crippen molar-refractivity contribution in [2.24, 2.45) is 0 Å². The first-order chi connectivity index (χ1) is 8.16. The molecule has 2 rings (SSSR count). The number of thiophene rings is 1. The molecular weight excluding hydrogens is 294 g/mol. The molecule has 90 valence electrons. The van der Waals surface area contributed by atoms with Crippen molar-refractivity contribution in [1.82, 2.24) is 0 Å². The number of anilines is 1. The molecule has 0 saturated heterocycles. The van der Waals surface area contributed by atoms with E-state index in [1.54, 1.807) is 11.3 Å². The van der Waals surface area contributed by atoms with E-state index in [4.69, 9.17) is 0 Å². The van der Waals surface area contributed by atoms with Crippen LogP contribution in [-0.2, 0) is 6.42 Å². The van der Waals surface area contributed by atoms with Gasteiger partial charge in [0, 0.05) is 11.0 Å². The SMILES string of the molecule is Cc1cc(C)c(NCCc2ccsc2)c(Br)c1. The summed E-state index contributed by atoms with van der Waals surface area (Å²) in [7, 11) is 0. The Labute approximate surface area is 115 Å². The van der Waals surface area contributed by atoms with Gasteiger partial charge in [-0.1, -0.05) is 6.07 Å². The zero-order chi connectivity index (χ0) is 12.3. The fourth-order valence-electron chi connectivity index (χ4n) is 1.91. The summed E-state index contributed by atoms with van der Waals surface area (Å²) < 4.78 is 1.15. The van der Waals surface area contributed by atoms with Crippen molar-refractivity contribution in [2.45, 2.75) is 20.3 Å². The van der Waals surface area contributed by atoms with Crippen molar-refractivity contribution >= 4 is 33.0 Å². The molecule has 0 amide bonds. The van der Waals surface area contributed by atoms with Crippen LogP contribution in [0.1, 0.15) is 16.7 Å². The quantitative estimate of drug-likeness (QED) is 0.857. The van der Waals surface area contributed by atoms with E-state index in [0.29, 0.717) is 0 Å². The molecule has 0 aliphatic carbocycles. The maximum Gasteiger partial charge on any atom is 0.0514 e. The van der Waals surface area contributed by atoms with Crippen LogP contribution in [0.25, 0.3) is 0 Å². The topological polar surface area (TPSA) is 12.0 Å². The van der Waals surface area contributed by atoms with E-state index in [9.17, 15) is 0 Å². The highest BCUT2D eigenvalue weighted by atomic mass is 79.9. The molecule has 1 heterocycles. The average Bonchev–Trinajstić information content (AvgIpc) is 2.74. The van der Waals surface area contributed by atoms with Crippen LogP contribution >= 0.6 is 27.3 Å². The summed E-state index contributed by atoms with van der Waals surface area (Å²) in [6, 6.07) is 6.54. The fourth-order valence-corrected chi connectivity index (χ4v) is 3.42. The number of rotatable bonds is 4. The zero-order valence-electron chi connectivity index (χ0n) is 10.1. The Bertz CT molecular complexity index is 468. The van der Waals surface area contributed by atoms with E-state index in [-0.39, 0.29) is 0 Å². The second-order valence-corrected chi connectivity index (χ2v) is 5.88. The van der Waals surface area contributed by atoms with Gasteiger partial charge in [0.05, 0.1) is 5.69 Å². The van der Waals surface area contributed by atoms with E-state index < -0.39 is 0 Å². The number of hydrogen-bond donors (Lipinski definition) is 1. The van der Waals surface area contributed by atoms with Crippen molar-refractivity contribution in [3.05, 3.63) is 50.1 Å². The smallest absolute Gasteiger partial charge is 0.0514 e. The van der Waals surface area contributed by atoms with Crippen molar-refractivity contribution in [3.8, 4) is 0 Å². The van der Waals surface area contributed by atoms with Gasteiger partial charge < -0.3 is 5.32 Å². The van der Waals surface area contributed by atoms with Gasteiger partial charge in [0.15, 0.2) is 0 Å². The Kier molecular flexibility index (Phi) is 4.24. The molecule has 0 fully saturated rings. The molecule has 2 aromatic rings. The molecule has 0 saturated carbocycles. The van der Waals surface area contributed by atoms with Crippen molar-refractivity contribution in [1.29, 1.82) is 0 Å². The molecule has 3 heteroatoms. The minimum atomic E-state index is 0.971. The van der Waals surface area contributed by atoms with E-state index in [1.165, 1.54) is 22.4 Å². The van der Waals surface area contributed by atoms with Gasteiger partial charge in [-0.2, -0.15) is 11.3 Å². The number of aryl methyl sites for hydroxylation is 2. The lowest BCUT2D eigenvalue weighted by atomic mass is 10.1. The largest absolute Gasteiger partial charge is 0.384 e. The lowest BCUT2D eigenvalue weighted by molar-refractivity contribution is 1.02. The molecule has 0 spiro atoms. The summed E-state index contributed by atoms with van der Waals surface area (Å²) in [4.78, 5) is 0. The Balaban J connectivity index is 1.99. The van der Waals surface area contributed by atoms with Crippen LogP contribution < -0.4 is 5.32 Å². The van der Waals surface area contributed by atoms with Gasteiger partial charge in [0.25, 0.3) is 0 Å². The number of hydrogen-bond acceptors (Lipinski definition) is 2. The van der Waals surface area contributed by atoms with Gasteiger partial charge >= 0.3 is 0 Å². The predicted octanol–water partition coefficient (Wildman–Crippen LogP) is 4.78. The normalized spacial score (nSPS) is 10.5. The van der Waals surface area contributed by atoms with Crippen LogP contribution in [0.5, 0.6) is 0 Å². The van der Waals surface area contributed by atoms with Gasteiger partial charge in [-0.3, -0.25) is 0 Å². The molecule has 17 heavy (non-hydrogen) atoms. The Morgan fingerprint density at radius 2 is 2.12 bits per heavy atom. The van der Waals surface area contributed by atoms with Gasteiger partial charge in [-0.15, -0.1) is 0 Å². The summed E-state index contributed by atoms with van der Waals surface area (Å²) in [6.45, 7) is 5.23. The second kappa shape index (κ2) is 5.69. The summed E-state index contributed by atoms with van der Waals surface area (Å²) in [5.41, 5.74) is 5.20. The maximum absolute atomic E-state index is 3.62.